The van der Waals surface area contributed by atoms with Gasteiger partial charge < -0.3 is 27.4 Å². The zero-order valence-electron chi connectivity index (χ0n) is 31.5. The Morgan fingerprint density at radius 3 is 1.27 bits per heavy atom. The Balaban J connectivity index is 1.32. The van der Waals surface area contributed by atoms with E-state index in [1.165, 1.54) is 0 Å². The average molecular weight is 737 g/mol. The van der Waals surface area contributed by atoms with E-state index in [4.69, 9.17) is 27.4 Å². The fraction of sp³-hybridized carbons (Fsp3) is 0.318. The van der Waals surface area contributed by atoms with Crippen LogP contribution in [-0.2, 0) is 6.42 Å². The summed E-state index contributed by atoms with van der Waals surface area (Å²) < 4.78 is 40.2. The highest BCUT2D eigenvalue weighted by Gasteiger charge is 2.30. The van der Waals surface area contributed by atoms with E-state index in [1.807, 2.05) is 72.8 Å². The summed E-state index contributed by atoms with van der Waals surface area (Å²) in [4.78, 5) is 0. The van der Waals surface area contributed by atoms with Gasteiger partial charge in [-0.25, -0.2) is 0 Å². The molecule has 0 aliphatic carbocycles. The van der Waals surface area contributed by atoms with Gasteiger partial charge in [-0.05, 0) is 70.7 Å². The summed E-state index contributed by atoms with van der Waals surface area (Å²) in [6.07, 6.45) is 1.43. The van der Waals surface area contributed by atoms with E-state index in [0.717, 1.165) is 51.2 Å². The molecular weight excluding hydrogens is 686 g/mol. The third-order valence-corrected chi connectivity index (χ3v) is 11.6. The molecule has 6 rings (SSSR count). The predicted octanol–water partition coefficient (Wildman–Crippen LogP) is 13.9. The molecule has 272 valence electrons. The molecule has 1 heterocycles. The second-order valence-electron chi connectivity index (χ2n) is 14.4. The van der Waals surface area contributed by atoms with Gasteiger partial charge in [0.1, 0.15) is 17.2 Å². The van der Waals surface area contributed by atoms with E-state index < -0.39 is 17.0 Å². The topological polar surface area (TPSA) is 55.4 Å². The Morgan fingerprint density at radius 1 is 0.462 bits per heavy atom. The van der Waals surface area contributed by atoms with Crippen LogP contribution < -0.4 is 27.4 Å². The van der Waals surface area contributed by atoms with Crippen molar-refractivity contribution in [2.45, 2.75) is 79.6 Å². The first-order valence-electron chi connectivity index (χ1n) is 18.2. The van der Waals surface area contributed by atoms with Crippen LogP contribution in [0.15, 0.2) is 109 Å². The van der Waals surface area contributed by atoms with Gasteiger partial charge in [-0.15, -0.1) is 0 Å². The highest BCUT2D eigenvalue weighted by Crippen LogP contribution is 2.54. The number of fused-ring (bicyclic) bond motifs is 2. The summed E-state index contributed by atoms with van der Waals surface area (Å²) in [5.74, 6) is 6.02. The molecule has 0 fully saturated rings. The first-order valence-corrected chi connectivity index (χ1v) is 20.7. The molecule has 5 aromatic carbocycles. The predicted molar refractivity (Wildman–Crippen MR) is 214 cm³/mol. The monoisotopic (exact) mass is 736 g/mol. The molecule has 1 atom stereocenters. The lowest BCUT2D eigenvalue weighted by Crippen LogP contribution is -2.10. The molecule has 0 amide bonds. The molecule has 0 aromatic heterocycles. The Hall–Kier alpha value is -4.24. The Kier molecular flexibility index (Phi) is 12.3. The van der Waals surface area contributed by atoms with Crippen molar-refractivity contribution < 1.29 is 27.4 Å². The van der Waals surface area contributed by atoms with E-state index in [-0.39, 0.29) is 11.8 Å². The van der Waals surface area contributed by atoms with E-state index >= 15 is 0 Å². The average Bonchev–Trinajstić information content (AvgIpc) is 3.11. The third-order valence-electron chi connectivity index (χ3n) is 8.76. The van der Waals surface area contributed by atoms with Crippen LogP contribution in [0.3, 0.4) is 0 Å². The smallest absolute Gasteiger partial charge is 0.449 e. The number of rotatable bonds is 15. The van der Waals surface area contributed by atoms with Crippen molar-refractivity contribution in [3.63, 3.8) is 0 Å². The van der Waals surface area contributed by atoms with Crippen molar-refractivity contribution in [3.8, 4) is 40.2 Å². The Morgan fingerprint density at radius 2 is 0.827 bits per heavy atom. The minimum atomic E-state index is -1.95. The molecule has 1 aliphatic heterocycles. The second-order valence-corrected chi connectivity index (χ2v) is 16.8. The van der Waals surface area contributed by atoms with Gasteiger partial charge in [0.2, 0.25) is 0 Å². The minimum absolute atomic E-state index is 0.253. The van der Waals surface area contributed by atoms with Gasteiger partial charge in [-0.3, -0.25) is 0 Å². The van der Waals surface area contributed by atoms with Gasteiger partial charge >= 0.3 is 8.60 Å². The van der Waals surface area contributed by atoms with Crippen LogP contribution in [0.5, 0.6) is 40.2 Å². The molecule has 8 heteroatoms. The molecule has 0 N–H and O–H groups in total. The molecule has 0 bridgehead atoms. The Bertz CT molecular complexity index is 1900. The SMILES string of the molecule is CC(C)CP(Oc1ccccc1C(C)C)Oc1cccc2c1Oc1c(cccc1OP(Oc1ccccc1C(C)C)Oc1ccccc1C(C)C)C2. The molecule has 0 saturated heterocycles. The molecular formula is C44H50O6P2. The van der Waals surface area contributed by atoms with Crippen LogP contribution in [-0.4, -0.2) is 6.16 Å². The van der Waals surface area contributed by atoms with Crippen molar-refractivity contribution in [1.82, 2.24) is 0 Å². The minimum Gasteiger partial charge on any atom is -0.449 e. The molecule has 6 nitrogen and oxygen atoms in total. The molecule has 52 heavy (non-hydrogen) atoms. The summed E-state index contributed by atoms with van der Waals surface area (Å²) in [5.41, 5.74) is 5.37. The van der Waals surface area contributed by atoms with E-state index in [9.17, 15) is 0 Å². The molecule has 1 aliphatic rings. The summed E-state index contributed by atoms with van der Waals surface area (Å²) in [7, 11) is -3.27. The highest BCUT2D eigenvalue weighted by molar-refractivity contribution is 7.48. The summed E-state index contributed by atoms with van der Waals surface area (Å²) in [6.45, 7) is 17.4. The highest BCUT2D eigenvalue weighted by atomic mass is 31.2. The number of hydrogen-bond acceptors (Lipinski definition) is 6. The zero-order chi connectivity index (χ0) is 36.8. The van der Waals surface area contributed by atoms with Gasteiger partial charge in [-0.2, -0.15) is 0 Å². The van der Waals surface area contributed by atoms with Crippen molar-refractivity contribution >= 4 is 17.0 Å². The van der Waals surface area contributed by atoms with Crippen LogP contribution in [0.25, 0.3) is 0 Å². The van der Waals surface area contributed by atoms with Crippen LogP contribution >= 0.6 is 17.0 Å². The number of hydrogen-bond donors (Lipinski definition) is 0. The van der Waals surface area contributed by atoms with Gasteiger partial charge in [0.25, 0.3) is 8.38 Å². The fourth-order valence-electron chi connectivity index (χ4n) is 6.11. The third kappa shape index (κ3) is 9.03. The van der Waals surface area contributed by atoms with Gasteiger partial charge in [-0.1, -0.05) is 134 Å². The molecule has 0 spiro atoms. The van der Waals surface area contributed by atoms with Crippen molar-refractivity contribution in [1.29, 1.82) is 0 Å². The van der Waals surface area contributed by atoms with Crippen molar-refractivity contribution in [3.05, 3.63) is 137 Å². The fourth-order valence-corrected chi connectivity index (χ4v) is 8.71. The van der Waals surface area contributed by atoms with Crippen LogP contribution in [0.2, 0.25) is 0 Å². The second kappa shape index (κ2) is 17.1. The maximum absolute atomic E-state index is 6.79. The molecule has 0 radical (unpaired) electrons. The normalized spacial score (nSPS) is 12.8. The first-order chi connectivity index (χ1) is 25.1. The molecule has 0 saturated carbocycles. The lowest BCUT2D eigenvalue weighted by atomic mass is 10.00. The maximum atomic E-state index is 6.79. The van der Waals surface area contributed by atoms with Gasteiger partial charge in [0.15, 0.2) is 23.0 Å². The van der Waals surface area contributed by atoms with Crippen molar-refractivity contribution in [2.24, 2.45) is 5.92 Å². The van der Waals surface area contributed by atoms with Crippen LogP contribution in [0, 0.1) is 5.92 Å². The first kappa shape index (κ1) is 37.5. The van der Waals surface area contributed by atoms with Crippen LogP contribution in [0.1, 0.15) is 101 Å². The largest absolute Gasteiger partial charge is 0.530 e. The summed E-state index contributed by atoms with van der Waals surface area (Å²) in [6, 6.07) is 36.4. The number of benzene rings is 5. The van der Waals surface area contributed by atoms with E-state index in [0.29, 0.717) is 41.3 Å². The lowest BCUT2D eigenvalue weighted by Gasteiger charge is -2.27. The summed E-state index contributed by atoms with van der Waals surface area (Å²) in [5, 5.41) is 0. The maximum Gasteiger partial charge on any atom is 0.530 e. The van der Waals surface area contributed by atoms with Gasteiger partial charge in [0, 0.05) is 23.7 Å². The number of para-hydroxylation sites is 5. The number of ether oxygens (including phenoxy) is 1. The van der Waals surface area contributed by atoms with Crippen molar-refractivity contribution in [2.75, 3.05) is 6.16 Å². The lowest BCUT2D eigenvalue weighted by molar-refractivity contribution is 0.364. The quantitative estimate of drug-likeness (QED) is 0.0979. The molecule has 1 unspecified atom stereocenters. The van der Waals surface area contributed by atoms with Gasteiger partial charge in [0.05, 0.1) is 0 Å². The standard InChI is InChI=1S/C44H50O6P2/c1-29(2)28-51(46-38-22-12-9-19-35(38)30(3)4)47-41-25-15-17-33-27-34-18-16-26-42(44(34)45-43(33)41)50-52(48-39-23-13-10-20-36(39)31(5)6)49-40-24-14-11-21-37(40)32(7)8/h9-26,29-32H,27-28H2,1-8H3. The summed E-state index contributed by atoms with van der Waals surface area (Å²) >= 11 is 0. The molecule has 5 aromatic rings. The Labute approximate surface area is 312 Å². The van der Waals surface area contributed by atoms with E-state index in [1.54, 1.807) is 0 Å². The van der Waals surface area contributed by atoms with Crippen LogP contribution in [0.4, 0.5) is 0 Å². The van der Waals surface area contributed by atoms with E-state index in [2.05, 4.69) is 91.8 Å². The zero-order valence-corrected chi connectivity index (χ0v) is 33.2.